The molecule has 0 aliphatic rings. The van der Waals surface area contributed by atoms with Crippen LogP contribution >= 0.6 is 0 Å². The molecule has 104 valence electrons. The van der Waals surface area contributed by atoms with Gasteiger partial charge >= 0.3 is 0 Å². The Bertz CT molecular complexity index is 454. The smallest absolute Gasteiger partial charge is 0.269 e. The number of carbonyl (C=O) groups is 1. The molecular formula is C14H20N2O3. The van der Waals surface area contributed by atoms with E-state index in [9.17, 15) is 14.9 Å². The van der Waals surface area contributed by atoms with E-state index in [1.54, 1.807) is 12.1 Å². The minimum atomic E-state index is -0.444. The quantitative estimate of drug-likeness (QED) is 0.632. The molecule has 0 unspecified atom stereocenters. The number of nitrogens with two attached hydrogens (primary N) is 1. The normalized spacial score (nSPS) is 14.2. The Kier molecular flexibility index (Phi) is 5.18. The summed E-state index contributed by atoms with van der Waals surface area (Å²) in [7, 11) is 0. The second-order valence-electron chi connectivity index (χ2n) is 5.19. The molecule has 5 nitrogen and oxygen atoms in total. The van der Waals surface area contributed by atoms with E-state index in [4.69, 9.17) is 5.73 Å². The van der Waals surface area contributed by atoms with Crippen molar-refractivity contribution in [3.8, 4) is 0 Å². The maximum Gasteiger partial charge on any atom is 0.269 e. The number of carbonyl (C=O) groups excluding carboxylic acids is 1. The molecule has 19 heavy (non-hydrogen) atoms. The van der Waals surface area contributed by atoms with Gasteiger partial charge in [-0.1, -0.05) is 32.9 Å². The lowest BCUT2D eigenvalue weighted by Crippen LogP contribution is -2.36. The first-order valence-corrected chi connectivity index (χ1v) is 6.35. The zero-order valence-corrected chi connectivity index (χ0v) is 11.5. The molecule has 0 heterocycles. The number of nitrogens with zero attached hydrogens (tertiary/aromatic N) is 1. The van der Waals surface area contributed by atoms with Crippen LogP contribution in [0, 0.1) is 16.0 Å². The molecule has 0 radical (unpaired) electrons. The molecule has 5 heteroatoms. The number of hydrogen-bond donors (Lipinski definition) is 1. The van der Waals surface area contributed by atoms with Crippen molar-refractivity contribution in [2.24, 2.45) is 11.7 Å². The van der Waals surface area contributed by atoms with Gasteiger partial charge in [-0.25, -0.2) is 0 Å². The van der Waals surface area contributed by atoms with E-state index in [2.05, 4.69) is 0 Å². The summed E-state index contributed by atoms with van der Waals surface area (Å²) in [6, 6.07) is 5.85. The van der Waals surface area contributed by atoms with Gasteiger partial charge in [-0.15, -0.1) is 0 Å². The number of nitro benzene ring substituents is 1. The lowest BCUT2D eigenvalue weighted by Gasteiger charge is -2.17. The Morgan fingerprint density at radius 3 is 2.21 bits per heavy atom. The average Bonchev–Trinajstić information content (AvgIpc) is 2.37. The summed E-state index contributed by atoms with van der Waals surface area (Å²) in [5, 5.41) is 10.6. The summed E-state index contributed by atoms with van der Waals surface area (Å²) in [5.41, 5.74) is 6.78. The molecule has 0 fully saturated rings. The second-order valence-corrected chi connectivity index (χ2v) is 5.19. The fourth-order valence-electron chi connectivity index (χ4n) is 1.85. The van der Waals surface area contributed by atoms with Crippen LogP contribution in [0.25, 0.3) is 0 Å². The lowest BCUT2D eigenvalue weighted by molar-refractivity contribution is -0.384. The lowest BCUT2D eigenvalue weighted by atomic mass is 9.90. The van der Waals surface area contributed by atoms with Gasteiger partial charge in [0.15, 0.2) is 0 Å². The van der Waals surface area contributed by atoms with Crippen molar-refractivity contribution < 1.29 is 9.72 Å². The van der Waals surface area contributed by atoms with Crippen molar-refractivity contribution >= 4 is 11.5 Å². The maximum absolute atomic E-state index is 11.9. The average molecular weight is 264 g/mol. The minimum absolute atomic E-state index is 0.0121. The molecule has 1 aromatic rings. The molecule has 1 aromatic carbocycles. The predicted octanol–water partition coefficient (Wildman–Crippen LogP) is 2.64. The Hall–Kier alpha value is -1.75. The van der Waals surface area contributed by atoms with Crippen molar-refractivity contribution in [3.05, 3.63) is 39.9 Å². The minimum Gasteiger partial charge on any atom is -0.321 e. The van der Waals surface area contributed by atoms with Gasteiger partial charge in [0, 0.05) is 18.6 Å². The van der Waals surface area contributed by atoms with E-state index in [0.29, 0.717) is 6.42 Å². The third-order valence-corrected chi connectivity index (χ3v) is 3.27. The molecule has 0 spiro atoms. The first kappa shape index (κ1) is 15.3. The number of non-ortho nitro benzene ring substituents is 1. The Morgan fingerprint density at radius 1 is 1.26 bits per heavy atom. The molecule has 2 N–H and O–H groups in total. The van der Waals surface area contributed by atoms with Crippen LogP contribution in [-0.2, 0) is 4.79 Å². The van der Waals surface area contributed by atoms with Gasteiger partial charge in [0.05, 0.1) is 11.0 Å². The summed E-state index contributed by atoms with van der Waals surface area (Å²) in [6.07, 6.45) is 0.358. The van der Waals surface area contributed by atoms with Gasteiger partial charge in [-0.2, -0.15) is 0 Å². The third-order valence-electron chi connectivity index (χ3n) is 3.27. The highest BCUT2D eigenvalue weighted by molar-refractivity contribution is 5.84. The van der Waals surface area contributed by atoms with Gasteiger partial charge in [-0.05, 0) is 17.4 Å². The van der Waals surface area contributed by atoms with Crippen LogP contribution in [0.1, 0.15) is 38.7 Å². The van der Waals surface area contributed by atoms with Gasteiger partial charge in [0.1, 0.15) is 5.78 Å². The monoisotopic (exact) mass is 264 g/mol. The number of rotatable bonds is 6. The standard InChI is InChI=1S/C14H20N2O3/c1-9(2)14(15)13(17)8-10(3)11-4-6-12(7-5-11)16(18)19/h4-7,9-10,14H,8,15H2,1-3H3/t10-,14+/m0/s1. The SMILES string of the molecule is CC(C)[C@@H](N)C(=O)C[C@H](C)c1ccc([N+](=O)[O-])cc1. The fraction of sp³-hybridized carbons (Fsp3) is 0.500. The number of ketones is 1. The zero-order chi connectivity index (χ0) is 14.6. The van der Waals surface area contributed by atoms with Gasteiger partial charge < -0.3 is 5.73 Å². The van der Waals surface area contributed by atoms with Gasteiger partial charge in [-0.3, -0.25) is 14.9 Å². The number of nitro groups is 1. The highest BCUT2D eigenvalue weighted by atomic mass is 16.6. The molecule has 0 amide bonds. The topological polar surface area (TPSA) is 86.2 Å². The van der Waals surface area contributed by atoms with E-state index in [-0.39, 0.29) is 23.3 Å². The summed E-state index contributed by atoms with van der Waals surface area (Å²) < 4.78 is 0. The van der Waals surface area contributed by atoms with Crippen LogP contribution in [0.15, 0.2) is 24.3 Å². The van der Waals surface area contributed by atoms with Gasteiger partial charge in [0.25, 0.3) is 5.69 Å². The van der Waals surface area contributed by atoms with E-state index < -0.39 is 11.0 Å². The molecule has 0 aliphatic carbocycles. The first-order chi connectivity index (χ1) is 8.82. The van der Waals surface area contributed by atoms with Crippen molar-refractivity contribution in [2.45, 2.75) is 39.2 Å². The van der Waals surface area contributed by atoms with Crippen molar-refractivity contribution in [1.29, 1.82) is 0 Å². The van der Waals surface area contributed by atoms with Crippen LogP contribution in [0.2, 0.25) is 0 Å². The van der Waals surface area contributed by atoms with Gasteiger partial charge in [0.2, 0.25) is 0 Å². The van der Waals surface area contributed by atoms with E-state index in [0.717, 1.165) is 5.56 Å². The number of Topliss-reactive ketones (excluding diaryl/α,β-unsaturated/α-hetero) is 1. The summed E-state index contributed by atoms with van der Waals surface area (Å²) in [6.45, 7) is 5.75. The predicted molar refractivity (Wildman–Crippen MR) is 73.9 cm³/mol. The number of hydrogen-bond acceptors (Lipinski definition) is 4. The molecule has 0 saturated heterocycles. The molecule has 2 atom stereocenters. The van der Waals surface area contributed by atoms with Crippen molar-refractivity contribution in [2.75, 3.05) is 0 Å². The van der Waals surface area contributed by atoms with Crippen LogP contribution in [0.4, 0.5) is 5.69 Å². The molecule has 0 bridgehead atoms. The highest BCUT2D eigenvalue weighted by Gasteiger charge is 2.20. The maximum atomic E-state index is 11.9. The van der Waals surface area contributed by atoms with Crippen LogP contribution < -0.4 is 5.73 Å². The number of benzene rings is 1. The highest BCUT2D eigenvalue weighted by Crippen LogP contribution is 2.23. The summed E-state index contributed by atoms with van der Waals surface area (Å²) >= 11 is 0. The Balaban J connectivity index is 2.70. The molecule has 0 aliphatic heterocycles. The van der Waals surface area contributed by atoms with E-state index >= 15 is 0 Å². The third kappa shape index (κ3) is 4.13. The molecule has 0 aromatic heterocycles. The largest absolute Gasteiger partial charge is 0.321 e. The zero-order valence-electron chi connectivity index (χ0n) is 11.5. The summed E-state index contributed by atoms with van der Waals surface area (Å²) in [5.74, 6) is 0.163. The first-order valence-electron chi connectivity index (χ1n) is 6.35. The Labute approximate surface area is 113 Å². The molecule has 0 saturated carbocycles. The molecule has 1 rings (SSSR count). The van der Waals surface area contributed by atoms with Crippen molar-refractivity contribution in [1.82, 2.24) is 0 Å². The van der Waals surface area contributed by atoms with Crippen LogP contribution in [0.5, 0.6) is 0 Å². The Morgan fingerprint density at radius 2 is 1.79 bits per heavy atom. The summed E-state index contributed by atoms with van der Waals surface area (Å²) in [4.78, 5) is 22.0. The van der Waals surface area contributed by atoms with E-state index in [1.165, 1.54) is 12.1 Å². The molecular weight excluding hydrogens is 244 g/mol. The van der Waals surface area contributed by atoms with E-state index in [1.807, 2.05) is 20.8 Å². The van der Waals surface area contributed by atoms with Crippen LogP contribution in [-0.4, -0.2) is 16.7 Å². The van der Waals surface area contributed by atoms with Crippen LogP contribution in [0.3, 0.4) is 0 Å². The van der Waals surface area contributed by atoms with Crippen molar-refractivity contribution in [3.63, 3.8) is 0 Å². The second kappa shape index (κ2) is 6.43. The fourth-order valence-corrected chi connectivity index (χ4v) is 1.85.